The molecule has 0 bridgehead atoms. The number of likely N-dealkylation sites (tertiary alicyclic amines) is 1. The summed E-state index contributed by atoms with van der Waals surface area (Å²) in [6.07, 6.45) is 1.16. The molecule has 0 spiro atoms. The summed E-state index contributed by atoms with van der Waals surface area (Å²) in [5.41, 5.74) is -0.0643. The van der Waals surface area contributed by atoms with Gasteiger partial charge in [-0.1, -0.05) is 0 Å². The lowest BCUT2D eigenvalue weighted by Crippen LogP contribution is -2.60. The molecule has 4 heteroatoms. The van der Waals surface area contributed by atoms with Gasteiger partial charge in [0.15, 0.2) is 0 Å². The molecule has 1 aliphatic rings. The maximum Gasteiger partial charge on any atom is 0.407 e. The molecule has 1 saturated heterocycles. The average molecular weight is 214 g/mol. The standard InChI is InChI=1S/C11H22N2O2/c1-10(2,3)12-11(4)6-5-7-13(8-11)9(14)15/h12H,5-8H2,1-4H3,(H,14,15). The van der Waals surface area contributed by atoms with E-state index < -0.39 is 6.09 Å². The zero-order valence-corrected chi connectivity index (χ0v) is 10.1. The maximum absolute atomic E-state index is 10.9. The number of nitrogens with one attached hydrogen (secondary N) is 1. The Morgan fingerprint density at radius 3 is 2.53 bits per heavy atom. The van der Waals surface area contributed by atoms with Crippen molar-refractivity contribution in [3.05, 3.63) is 0 Å². The quantitative estimate of drug-likeness (QED) is 0.701. The van der Waals surface area contributed by atoms with Gasteiger partial charge in [-0.3, -0.25) is 0 Å². The first-order chi connectivity index (χ1) is 6.72. The second-order valence-corrected chi connectivity index (χ2v) is 5.74. The molecule has 2 N–H and O–H groups in total. The molecule has 4 nitrogen and oxygen atoms in total. The number of amides is 1. The van der Waals surface area contributed by atoms with Gasteiger partial charge in [0.25, 0.3) is 0 Å². The zero-order chi connectivity index (χ0) is 11.7. The van der Waals surface area contributed by atoms with Gasteiger partial charge in [0.05, 0.1) is 0 Å². The van der Waals surface area contributed by atoms with E-state index in [1.165, 1.54) is 4.90 Å². The van der Waals surface area contributed by atoms with E-state index in [-0.39, 0.29) is 11.1 Å². The third-order valence-electron chi connectivity index (χ3n) is 2.64. The van der Waals surface area contributed by atoms with Crippen LogP contribution in [0.3, 0.4) is 0 Å². The van der Waals surface area contributed by atoms with Gasteiger partial charge < -0.3 is 15.3 Å². The minimum absolute atomic E-state index is 0.0241. The van der Waals surface area contributed by atoms with Gasteiger partial charge >= 0.3 is 6.09 Å². The number of carboxylic acid groups (broad SMARTS) is 1. The molecule has 0 aromatic heterocycles. The minimum Gasteiger partial charge on any atom is -0.465 e. The average Bonchev–Trinajstić information content (AvgIpc) is 1.99. The Morgan fingerprint density at radius 1 is 1.47 bits per heavy atom. The lowest BCUT2D eigenvalue weighted by Gasteiger charge is -2.44. The summed E-state index contributed by atoms with van der Waals surface area (Å²) in [7, 11) is 0. The highest BCUT2D eigenvalue weighted by molar-refractivity contribution is 5.65. The minimum atomic E-state index is -0.809. The van der Waals surface area contributed by atoms with Gasteiger partial charge in [0, 0.05) is 24.2 Å². The predicted molar refractivity (Wildman–Crippen MR) is 60.1 cm³/mol. The molecule has 88 valence electrons. The summed E-state index contributed by atoms with van der Waals surface area (Å²) in [5, 5.41) is 12.5. The van der Waals surface area contributed by atoms with E-state index in [1.54, 1.807) is 0 Å². The van der Waals surface area contributed by atoms with Crippen molar-refractivity contribution in [2.45, 2.75) is 51.6 Å². The highest BCUT2D eigenvalue weighted by atomic mass is 16.4. The van der Waals surface area contributed by atoms with Crippen LogP contribution in [0.2, 0.25) is 0 Å². The highest BCUT2D eigenvalue weighted by Crippen LogP contribution is 2.23. The predicted octanol–water partition coefficient (Wildman–Crippen LogP) is 1.91. The highest BCUT2D eigenvalue weighted by Gasteiger charge is 2.35. The first kappa shape index (κ1) is 12.3. The molecule has 0 radical (unpaired) electrons. The molecule has 1 aliphatic heterocycles. The number of nitrogens with zero attached hydrogens (tertiary/aromatic N) is 1. The van der Waals surface area contributed by atoms with Crippen LogP contribution >= 0.6 is 0 Å². The monoisotopic (exact) mass is 214 g/mol. The molecular weight excluding hydrogens is 192 g/mol. The fourth-order valence-electron chi connectivity index (χ4n) is 2.41. The summed E-state index contributed by atoms with van der Waals surface area (Å²) in [6, 6.07) is 0. The van der Waals surface area contributed by atoms with Crippen molar-refractivity contribution in [3.8, 4) is 0 Å². The summed E-state index contributed by atoms with van der Waals surface area (Å²) < 4.78 is 0. The number of rotatable bonds is 1. The molecule has 15 heavy (non-hydrogen) atoms. The van der Waals surface area contributed by atoms with Crippen molar-refractivity contribution >= 4 is 6.09 Å². The molecule has 0 aliphatic carbocycles. The van der Waals surface area contributed by atoms with Crippen LogP contribution in [0.4, 0.5) is 4.79 Å². The third-order valence-corrected chi connectivity index (χ3v) is 2.64. The van der Waals surface area contributed by atoms with Crippen molar-refractivity contribution in [1.82, 2.24) is 10.2 Å². The summed E-state index contributed by atoms with van der Waals surface area (Å²) in [6.45, 7) is 9.68. The summed E-state index contributed by atoms with van der Waals surface area (Å²) in [5.74, 6) is 0. The van der Waals surface area contributed by atoms with E-state index in [2.05, 4.69) is 33.0 Å². The first-order valence-electron chi connectivity index (χ1n) is 5.49. The summed E-state index contributed by atoms with van der Waals surface area (Å²) >= 11 is 0. The van der Waals surface area contributed by atoms with E-state index in [4.69, 9.17) is 5.11 Å². The van der Waals surface area contributed by atoms with Crippen LogP contribution in [0.15, 0.2) is 0 Å². The van der Waals surface area contributed by atoms with Crippen molar-refractivity contribution in [1.29, 1.82) is 0 Å². The second-order valence-electron chi connectivity index (χ2n) is 5.74. The molecule has 1 heterocycles. The maximum atomic E-state index is 10.9. The van der Waals surface area contributed by atoms with Crippen molar-refractivity contribution in [2.24, 2.45) is 0 Å². The van der Waals surface area contributed by atoms with Crippen molar-refractivity contribution in [3.63, 3.8) is 0 Å². The lowest BCUT2D eigenvalue weighted by atomic mass is 9.88. The molecule has 1 rings (SSSR count). The number of carbonyl (C=O) groups is 1. The van der Waals surface area contributed by atoms with Crippen LogP contribution in [0.25, 0.3) is 0 Å². The van der Waals surface area contributed by atoms with Crippen LogP contribution in [-0.2, 0) is 0 Å². The topological polar surface area (TPSA) is 52.6 Å². The first-order valence-corrected chi connectivity index (χ1v) is 5.49. The molecule has 1 unspecified atom stereocenters. The van der Waals surface area contributed by atoms with Gasteiger partial charge in [-0.15, -0.1) is 0 Å². The molecule has 0 aromatic rings. The van der Waals surface area contributed by atoms with E-state index >= 15 is 0 Å². The Labute approximate surface area is 91.6 Å². The SMILES string of the molecule is CC(C)(C)NC1(C)CCCN(C(=O)O)C1. The third kappa shape index (κ3) is 3.70. The van der Waals surface area contributed by atoms with Gasteiger partial charge in [0.1, 0.15) is 0 Å². The van der Waals surface area contributed by atoms with E-state index in [1.807, 2.05) is 0 Å². The fourth-order valence-corrected chi connectivity index (χ4v) is 2.41. The molecule has 1 atom stereocenters. The van der Waals surface area contributed by atoms with Gasteiger partial charge in [0.2, 0.25) is 0 Å². The van der Waals surface area contributed by atoms with Crippen molar-refractivity contribution < 1.29 is 9.90 Å². The normalized spacial score (nSPS) is 27.9. The van der Waals surface area contributed by atoms with Crippen LogP contribution in [0, 0.1) is 0 Å². The van der Waals surface area contributed by atoms with Gasteiger partial charge in [-0.25, -0.2) is 4.79 Å². The molecule has 1 amide bonds. The Kier molecular flexibility index (Phi) is 3.28. The molecule has 1 fully saturated rings. The number of piperidine rings is 1. The molecular formula is C11H22N2O2. The Balaban J connectivity index is 2.64. The van der Waals surface area contributed by atoms with Crippen molar-refractivity contribution in [2.75, 3.05) is 13.1 Å². The summed E-state index contributed by atoms with van der Waals surface area (Å²) in [4.78, 5) is 12.4. The molecule has 0 saturated carbocycles. The van der Waals surface area contributed by atoms with E-state index in [0.717, 1.165) is 12.8 Å². The number of hydrogen-bond acceptors (Lipinski definition) is 2. The lowest BCUT2D eigenvalue weighted by molar-refractivity contribution is 0.0925. The molecule has 0 aromatic carbocycles. The Morgan fingerprint density at radius 2 is 2.07 bits per heavy atom. The fraction of sp³-hybridized carbons (Fsp3) is 0.909. The van der Waals surface area contributed by atoms with Crippen LogP contribution in [-0.4, -0.2) is 40.3 Å². The largest absolute Gasteiger partial charge is 0.465 e. The van der Waals surface area contributed by atoms with Crippen LogP contribution < -0.4 is 5.32 Å². The van der Waals surface area contributed by atoms with E-state index in [0.29, 0.717) is 13.1 Å². The Bertz CT molecular complexity index is 247. The van der Waals surface area contributed by atoms with E-state index in [9.17, 15) is 4.79 Å². The Hall–Kier alpha value is -0.770. The van der Waals surface area contributed by atoms with Gasteiger partial charge in [-0.05, 0) is 40.5 Å². The smallest absolute Gasteiger partial charge is 0.407 e. The van der Waals surface area contributed by atoms with Gasteiger partial charge in [-0.2, -0.15) is 0 Å². The van der Waals surface area contributed by atoms with Crippen LogP contribution in [0.1, 0.15) is 40.5 Å². The zero-order valence-electron chi connectivity index (χ0n) is 10.1. The second kappa shape index (κ2) is 4.00. The number of hydrogen-bond donors (Lipinski definition) is 2. The van der Waals surface area contributed by atoms with Crippen LogP contribution in [0.5, 0.6) is 0 Å².